The minimum absolute atomic E-state index is 0.285. The summed E-state index contributed by atoms with van der Waals surface area (Å²) in [6.07, 6.45) is 1.36. The Labute approximate surface area is 125 Å². The van der Waals surface area contributed by atoms with Gasteiger partial charge in [0.25, 0.3) is 5.91 Å². The molecular weight excluding hydrogens is 329 g/mol. The SMILES string of the molecule is CCOC(=O)C1CCCN1C(=O)c1ccc(F)cc1Br. The molecule has 0 saturated carbocycles. The van der Waals surface area contributed by atoms with Crippen LogP contribution in [0, 0.1) is 5.82 Å². The van der Waals surface area contributed by atoms with Crippen molar-refractivity contribution in [3.05, 3.63) is 34.1 Å². The molecule has 1 fully saturated rings. The number of amides is 1. The van der Waals surface area contributed by atoms with Crippen LogP contribution in [0.5, 0.6) is 0 Å². The van der Waals surface area contributed by atoms with E-state index in [-0.39, 0.29) is 18.5 Å². The zero-order valence-electron chi connectivity index (χ0n) is 11.1. The Hall–Kier alpha value is -1.43. The van der Waals surface area contributed by atoms with Gasteiger partial charge in [0.15, 0.2) is 0 Å². The standard InChI is InChI=1S/C14H15BrFNO3/c1-2-20-14(19)12-4-3-7-17(12)13(18)10-6-5-9(16)8-11(10)15/h5-6,8,12H,2-4,7H2,1H3. The van der Waals surface area contributed by atoms with Gasteiger partial charge in [-0.2, -0.15) is 0 Å². The van der Waals surface area contributed by atoms with E-state index in [0.717, 1.165) is 6.42 Å². The molecule has 0 bridgehead atoms. The van der Waals surface area contributed by atoms with E-state index in [9.17, 15) is 14.0 Å². The molecule has 2 rings (SSSR count). The maximum absolute atomic E-state index is 13.1. The number of hydrogen-bond donors (Lipinski definition) is 0. The van der Waals surface area contributed by atoms with Gasteiger partial charge < -0.3 is 9.64 Å². The van der Waals surface area contributed by atoms with Crippen molar-refractivity contribution in [1.82, 2.24) is 4.90 Å². The highest BCUT2D eigenvalue weighted by Crippen LogP contribution is 2.25. The molecule has 1 aromatic rings. The van der Waals surface area contributed by atoms with Gasteiger partial charge in [0.05, 0.1) is 12.2 Å². The fourth-order valence-electron chi connectivity index (χ4n) is 2.31. The van der Waals surface area contributed by atoms with Crippen LogP contribution in [0.15, 0.2) is 22.7 Å². The summed E-state index contributed by atoms with van der Waals surface area (Å²) in [6.45, 7) is 2.53. The highest BCUT2D eigenvalue weighted by molar-refractivity contribution is 9.10. The maximum Gasteiger partial charge on any atom is 0.328 e. The van der Waals surface area contributed by atoms with Gasteiger partial charge in [-0.15, -0.1) is 0 Å². The number of carbonyl (C=O) groups is 2. The lowest BCUT2D eigenvalue weighted by Crippen LogP contribution is -2.41. The number of rotatable bonds is 3. The van der Waals surface area contributed by atoms with E-state index in [0.29, 0.717) is 23.0 Å². The Bertz CT molecular complexity index is 535. The topological polar surface area (TPSA) is 46.6 Å². The molecule has 4 nitrogen and oxygen atoms in total. The van der Waals surface area contributed by atoms with Gasteiger partial charge in [-0.05, 0) is 53.9 Å². The van der Waals surface area contributed by atoms with E-state index in [1.165, 1.54) is 23.1 Å². The first-order valence-corrected chi connectivity index (χ1v) is 7.26. The van der Waals surface area contributed by atoms with Crippen molar-refractivity contribution in [1.29, 1.82) is 0 Å². The van der Waals surface area contributed by atoms with Crippen molar-refractivity contribution in [2.24, 2.45) is 0 Å². The molecule has 1 aromatic carbocycles. The van der Waals surface area contributed by atoms with E-state index in [2.05, 4.69) is 15.9 Å². The molecule has 0 radical (unpaired) electrons. The van der Waals surface area contributed by atoms with Crippen LogP contribution >= 0.6 is 15.9 Å². The molecule has 1 atom stereocenters. The first-order chi connectivity index (χ1) is 9.54. The van der Waals surface area contributed by atoms with Gasteiger partial charge in [0.2, 0.25) is 0 Å². The summed E-state index contributed by atoms with van der Waals surface area (Å²) in [5.74, 6) is -1.08. The average Bonchev–Trinajstić information content (AvgIpc) is 2.87. The predicted molar refractivity (Wildman–Crippen MR) is 74.8 cm³/mol. The van der Waals surface area contributed by atoms with E-state index < -0.39 is 11.9 Å². The van der Waals surface area contributed by atoms with Gasteiger partial charge in [0.1, 0.15) is 11.9 Å². The van der Waals surface area contributed by atoms with Crippen LogP contribution in [0.2, 0.25) is 0 Å². The Kier molecular flexibility index (Phi) is 4.75. The summed E-state index contributed by atoms with van der Waals surface area (Å²) in [5.41, 5.74) is 0.350. The summed E-state index contributed by atoms with van der Waals surface area (Å²) in [7, 11) is 0. The van der Waals surface area contributed by atoms with Crippen molar-refractivity contribution < 1.29 is 18.7 Å². The molecule has 6 heteroatoms. The summed E-state index contributed by atoms with van der Waals surface area (Å²) in [5, 5.41) is 0. The highest BCUT2D eigenvalue weighted by atomic mass is 79.9. The number of esters is 1. The summed E-state index contributed by atoms with van der Waals surface area (Å²) in [4.78, 5) is 25.8. The van der Waals surface area contributed by atoms with Gasteiger partial charge in [-0.1, -0.05) is 0 Å². The summed E-state index contributed by atoms with van der Waals surface area (Å²) >= 11 is 3.18. The number of halogens is 2. The summed E-state index contributed by atoms with van der Waals surface area (Å²) < 4.78 is 18.4. The zero-order chi connectivity index (χ0) is 14.7. The third-order valence-electron chi connectivity index (χ3n) is 3.23. The molecular formula is C14H15BrFNO3. The predicted octanol–water partition coefficient (Wildman–Crippen LogP) is 2.76. The molecule has 1 heterocycles. The van der Waals surface area contributed by atoms with Crippen LogP contribution in [0.3, 0.4) is 0 Å². The minimum Gasteiger partial charge on any atom is -0.464 e. The molecule has 1 unspecified atom stereocenters. The lowest BCUT2D eigenvalue weighted by Gasteiger charge is -2.23. The first-order valence-electron chi connectivity index (χ1n) is 6.47. The highest BCUT2D eigenvalue weighted by Gasteiger charge is 2.36. The number of hydrogen-bond acceptors (Lipinski definition) is 3. The largest absolute Gasteiger partial charge is 0.464 e. The molecule has 1 amide bonds. The van der Waals surface area contributed by atoms with Crippen molar-refractivity contribution in [3.8, 4) is 0 Å². The molecule has 1 aliphatic rings. The van der Waals surface area contributed by atoms with Crippen molar-refractivity contribution in [2.45, 2.75) is 25.8 Å². The number of benzene rings is 1. The third kappa shape index (κ3) is 3.00. The fourth-order valence-corrected chi connectivity index (χ4v) is 2.83. The van der Waals surface area contributed by atoms with E-state index in [4.69, 9.17) is 4.74 Å². The van der Waals surface area contributed by atoms with E-state index in [1.54, 1.807) is 6.92 Å². The lowest BCUT2D eigenvalue weighted by molar-refractivity contribution is -0.147. The average molecular weight is 344 g/mol. The van der Waals surface area contributed by atoms with Crippen LogP contribution < -0.4 is 0 Å². The number of ether oxygens (including phenoxy) is 1. The van der Waals surface area contributed by atoms with Crippen molar-refractivity contribution in [2.75, 3.05) is 13.2 Å². The smallest absolute Gasteiger partial charge is 0.328 e. The van der Waals surface area contributed by atoms with Crippen LogP contribution in [-0.2, 0) is 9.53 Å². The zero-order valence-corrected chi connectivity index (χ0v) is 12.7. The van der Waals surface area contributed by atoms with E-state index >= 15 is 0 Å². The molecule has 1 aliphatic heterocycles. The minimum atomic E-state index is -0.542. The van der Waals surface area contributed by atoms with Crippen LogP contribution in [0.25, 0.3) is 0 Å². The molecule has 108 valence electrons. The lowest BCUT2D eigenvalue weighted by atomic mass is 10.1. The fraction of sp³-hybridized carbons (Fsp3) is 0.429. The second kappa shape index (κ2) is 6.35. The van der Waals surface area contributed by atoms with Crippen molar-refractivity contribution in [3.63, 3.8) is 0 Å². The second-order valence-electron chi connectivity index (χ2n) is 4.53. The Balaban J connectivity index is 2.21. The Morgan fingerprint density at radius 3 is 2.90 bits per heavy atom. The van der Waals surface area contributed by atoms with E-state index in [1.807, 2.05) is 0 Å². The maximum atomic E-state index is 13.1. The van der Waals surface area contributed by atoms with Gasteiger partial charge >= 0.3 is 5.97 Å². The first kappa shape index (κ1) is 15.0. The number of nitrogens with zero attached hydrogens (tertiary/aromatic N) is 1. The third-order valence-corrected chi connectivity index (χ3v) is 3.89. The van der Waals surface area contributed by atoms with Crippen LogP contribution in [-0.4, -0.2) is 36.0 Å². The summed E-state index contributed by atoms with van der Waals surface area (Å²) in [6, 6.07) is 3.35. The molecule has 1 saturated heterocycles. The van der Waals surface area contributed by atoms with Crippen LogP contribution in [0.1, 0.15) is 30.1 Å². The monoisotopic (exact) mass is 343 g/mol. The molecule has 0 aromatic heterocycles. The molecule has 0 aliphatic carbocycles. The Morgan fingerprint density at radius 1 is 1.50 bits per heavy atom. The molecule has 0 N–H and O–H groups in total. The van der Waals surface area contributed by atoms with Crippen molar-refractivity contribution >= 4 is 27.8 Å². The van der Waals surface area contributed by atoms with Gasteiger partial charge in [-0.25, -0.2) is 9.18 Å². The molecule has 0 spiro atoms. The normalized spacial score (nSPS) is 18.1. The second-order valence-corrected chi connectivity index (χ2v) is 5.39. The quantitative estimate of drug-likeness (QED) is 0.793. The molecule has 20 heavy (non-hydrogen) atoms. The van der Waals surface area contributed by atoms with Crippen LogP contribution in [0.4, 0.5) is 4.39 Å². The Morgan fingerprint density at radius 2 is 2.25 bits per heavy atom. The van der Waals surface area contributed by atoms with Gasteiger partial charge in [-0.3, -0.25) is 4.79 Å². The number of likely N-dealkylation sites (tertiary alicyclic amines) is 1. The number of carbonyl (C=O) groups excluding carboxylic acids is 2. The van der Waals surface area contributed by atoms with Gasteiger partial charge in [0, 0.05) is 11.0 Å².